The Kier molecular flexibility index (Phi) is 5.02. The predicted octanol–water partition coefficient (Wildman–Crippen LogP) is 4.91. The predicted molar refractivity (Wildman–Crippen MR) is 87.0 cm³/mol. The monoisotopic (exact) mass is 262 g/mol. The molecule has 0 unspecified atom stereocenters. The highest BCUT2D eigenvalue weighted by molar-refractivity contribution is 5.45. The molecule has 2 aromatic rings. The van der Waals surface area contributed by atoms with Crippen LogP contribution in [0.4, 0.5) is 0 Å². The first-order valence-corrected chi connectivity index (χ1v) is 7.43. The highest BCUT2D eigenvalue weighted by Gasteiger charge is 1.97. The van der Waals surface area contributed by atoms with Crippen LogP contribution in [0, 0.1) is 18.8 Å². The zero-order valence-electron chi connectivity index (χ0n) is 12.7. The van der Waals surface area contributed by atoms with Gasteiger partial charge in [-0.2, -0.15) is 0 Å². The van der Waals surface area contributed by atoms with Crippen LogP contribution in [0.1, 0.15) is 48.1 Å². The van der Waals surface area contributed by atoms with Crippen molar-refractivity contribution in [3.8, 4) is 11.8 Å². The Bertz CT molecular complexity index is 621. The Morgan fingerprint density at radius 3 is 2.10 bits per heavy atom. The van der Waals surface area contributed by atoms with E-state index in [2.05, 4.69) is 75.1 Å². The Labute approximate surface area is 122 Å². The van der Waals surface area contributed by atoms with Gasteiger partial charge in [0, 0.05) is 11.1 Å². The second kappa shape index (κ2) is 6.96. The Morgan fingerprint density at radius 1 is 0.850 bits per heavy atom. The molecule has 0 radical (unpaired) electrons. The largest absolute Gasteiger partial charge is 0.0651 e. The molecule has 0 atom stereocenters. The average molecular weight is 262 g/mol. The zero-order valence-corrected chi connectivity index (χ0v) is 12.7. The fourth-order valence-electron chi connectivity index (χ4n) is 2.29. The van der Waals surface area contributed by atoms with Gasteiger partial charge in [-0.25, -0.2) is 0 Å². The van der Waals surface area contributed by atoms with Crippen LogP contribution in [-0.2, 0) is 12.8 Å². The van der Waals surface area contributed by atoms with Crippen molar-refractivity contribution < 1.29 is 0 Å². The summed E-state index contributed by atoms with van der Waals surface area (Å²) in [5.41, 5.74) is 6.32. The van der Waals surface area contributed by atoms with Crippen LogP contribution in [0.2, 0.25) is 0 Å². The summed E-state index contributed by atoms with van der Waals surface area (Å²) in [7, 11) is 0. The lowest BCUT2D eigenvalue weighted by atomic mass is 10.0. The Morgan fingerprint density at radius 2 is 1.50 bits per heavy atom. The van der Waals surface area contributed by atoms with Gasteiger partial charge >= 0.3 is 0 Å². The van der Waals surface area contributed by atoms with Crippen LogP contribution in [-0.4, -0.2) is 0 Å². The molecule has 0 heteroatoms. The van der Waals surface area contributed by atoms with Crippen molar-refractivity contribution in [3.63, 3.8) is 0 Å². The first kappa shape index (κ1) is 14.4. The van der Waals surface area contributed by atoms with Crippen LogP contribution >= 0.6 is 0 Å². The van der Waals surface area contributed by atoms with E-state index in [-0.39, 0.29) is 0 Å². The van der Waals surface area contributed by atoms with Crippen LogP contribution in [0.15, 0.2) is 42.5 Å². The molecule has 0 saturated heterocycles. The molecule has 0 spiro atoms. The molecule has 102 valence electrons. The van der Waals surface area contributed by atoms with E-state index < -0.39 is 0 Å². The molecule has 0 N–H and O–H groups in total. The fourth-order valence-corrected chi connectivity index (χ4v) is 2.29. The van der Waals surface area contributed by atoms with Gasteiger partial charge in [-0.15, -0.1) is 0 Å². The molecule has 2 aromatic carbocycles. The molecule has 0 aromatic heterocycles. The Balaban J connectivity index is 2.17. The molecule has 0 saturated carbocycles. The fraction of sp³-hybridized carbons (Fsp3) is 0.300. The Hall–Kier alpha value is -2.00. The van der Waals surface area contributed by atoms with Crippen molar-refractivity contribution in [2.75, 3.05) is 0 Å². The standard InChI is InChI=1S/C20H22/c1-4-6-20-14-13-19(15-16(20)3)12-11-18-9-7-17(5-2)8-10-18/h7-10,13-15H,4-6H2,1-3H3. The lowest BCUT2D eigenvalue weighted by Gasteiger charge is -2.04. The van der Waals surface area contributed by atoms with Gasteiger partial charge in [0.25, 0.3) is 0 Å². The van der Waals surface area contributed by atoms with Gasteiger partial charge < -0.3 is 0 Å². The van der Waals surface area contributed by atoms with E-state index in [1.54, 1.807) is 0 Å². The minimum Gasteiger partial charge on any atom is -0.0651 e. The van der Waals surface area contributed by atoms with E-state index in [0.29, 0.717) is 0 Å². The summed E-state index contributed by atoms with van der Waals surface area (Å²) in [6.45, 7) is 6.56. The van der Waals surface area contributed by atoms with Gasteiger partial charge in [-0.1, -0.05) is 50.3 Å². The van der Waals surface area contributed by atoms with Crippen molar-refractivity contribution >= 4 is 0 Å². The van der Waals surface area contributed by atoms with Gasteiger partial charge in [0.15, 0.2) is 0 Å². The molecule has 0 heterocycles. The smallest absolute Gasteiger partial charge is 0.0251 e. The van der Waals surface area contributed by atoms with Crippen LogP contribution in [0.25, 0.3) is 0 Å². The van der Waals surface area contributed by atoms with Gasteiger partial charge in [-0.3, -0.25) is 0 Å². The number of rotatable bonds is 3. The molecule has 0 bridgehead atoms. The number of hydrogen-bond acceptors (Lipinski definition) is 0. The van der Waals surface area contributed by atoms with Gasteiger partial charge in [-0.05, 0) is 60.7 Å². The summed E-state index contributed by atoms with van der Waals surface area (Å²) in [4.78, 5) is 0. The third kappa shape index (κ3) is 3.75. The molecule has 0 fully saturated rings. The van der Waals surface area contributed by atoms with Crippen molar-refractivity contribution in [1.29, 1.82) is 0 Å². The van der Waals surface area contributed by atoms with E-state index in [9.17, 15) is 0 Å². The van der Waals surface area contributed by atoms with Gasteiger partial charge in [0.2, 0.25) is 0 Å². The highest BCUT2D eigenvalue weighted by atomic mass is 14.0. The maximum absolute atomic E-state index is 3.26. The molecule has 0 amide bonds. The van der Waals surface area contributed by atoms with Crippen LogP contribution in [0.5, 0.6) is 0 Å². The zero-order chi connectivity index (χ0) is 14.4. The number of aryl methyl sites for hydroxylation is 3. The van der Waals surface area contributed by atoms with Crippen LogP contribution < -0.4 is 0 Å². The highest BCUT2D eigenvalue weighted by Crippen LogP contribution is 2.12. The first-order valence-electron chi connectivity index (χ1n) is 7.43. The minimum absolute atomic E-state index is 1.08. The lowest BCUT2D eigenvalue weighted by molar-refractivity contribution is 0.912. The maximum Gasteiger partial charge on any atom is 0.0251 e. The lowest BCUT2D eigenvalue weighted by Crippen LogP contribution is -1.89. The number of benzene rings is 2. The summed E-state index contributed by atoms with van der Waals surface area (Å²) in [5.74, 6) is 6.50. The second-order valence-electron chi connectivity index (χ2n) is 5.19. The van der Waals surface area contributed by atoms with E-state index in [1.165, 1.54) is 23.1 Å². The number of hydrogen-bond donors (Lipinski definition) is 0. The van der Waals surface area contributed by atoms with E-state index in [0.717, 1.165) is 24.0 Å². The molecule has 0 nitrogen and oxygen atoms in total. The van der Waals surface area contributed by atoms with Gasteiger partial charge in [0.05, 0.1) is 0 Å². The molecule has 2 rings (SSSR count). The summed E-state index contributed by atoms with van der Waals surface area (Å²) < 4.78 is 0. The molecule has 0 aliphatic heterocycles. The quantitative estimate of drug-likeness (QED) is 0.689. The first-order chi connectivity index (χ1) is 9.72. The third-order valence-electron chi connectivity index (χ3n) is 3.58. The van der Waals surface area contributed by atoms with Crippen molar-refractivity contribution in [2.45, 2.75) is 40.0 Å². The van der Waals surface area contributed by atoms with E-state index >= 15 is 0 Å². The second-order valence-corrected chi connectivity index (χ2v) is 5.19. The third-order valence-corrected chi connectivity index (χ3v) is 3.58. The van der Waals surface area contributed by atoms with Crippen molar-refractivity contribution in [1.82, 2.24) is 0 Å². The summed E-state index contributed by atoms with van der Waals surface area (Å²) in [6.07, 6.45) is 3.42. The maximum atomic E-state index is 3.26. The summed E-state index contributed by atoms with van der Waals surface area (Å²) in [6, 6.07) is 15.0. The van der Waals surface area contributed by atoms with Crippen molar-refractivity contribution in [3.05, 3.63) is 70.3 Å². The average Bonchev–Trinajstić information content (AvgIpc) is 2.48. The molecule has 0 aliphatic carbocycles. The molecule has 20 heavy (non-hydrogen) atoms. The summed E-state index contributed by atoms with van der Waals surface area (Å²) in [5, 5.41) is 0. The normalized spacial score (nSPS) is 9.95. The topological polar surface area (TPSA) is 0 Å². The van der Waals surface area contributed by atoms with Crippen molar-refractivity contribution in [2.24, 2.45) is 0 Å². The van der Waals surface area contributed by atoms with E-state index in [4.69, 9.17) is 0 Å². The van der Waals surface area contributed by atoms with E-state index in [1.807, 2.05) is 0 Å². The minimum atomic E-state index is 1.08. The molecular weight excluding hydrogens is 240 g/mol. The molecule has 0 aliphatic rings. The summed E-state index contributed by atoms with van der Waals surface area (Å²) >= 11 is 0. The molecular formula is C20H22. The SMILES string of the molecule is CCCc1ccc(C#Cc2ccc(CC)cc2)cc1C. The van der Waals surface area contributed by atoms with Gasteiger partial charge in [0.1, 0.15) is 0 Å². The van der Waals surface area contributed by atoms with Crippen LogP contribution in [0.3, 0.4) is 0 Å².